The zero-order chi connectivity index (χ0) is 11.3. The fraction of sp³-hybridized carbons (Fsp3) is 0.0909. The van der Waals surface area contributed by atoms with E-state index in [-0.39, 0.29) is 5.75 Å². The Balaban J connectivity index is 2.85. The average Bonchev–Trinajstić information content (AvgIpc) is 2.16. The maximum Gasteiger partial charge on any atom is 0.268 e. The Morgan fingerprint density at radius 3 is 2.40 bits per heavy atom. The van der Waals surface area contributed by atoms with Gasteiger partial charge >= 0.3 is 0 Å². The highest BCUT2D eigenvalue weighted by molar-refractivity contribution is 7.85. The predicted molar refractivity (Wildman–Crippen MR) is 62.0 cm³/mol. The van der Waals surface area contributed by atoms with Gasteiger partial charge in [0.15, 0.2) is 0 Å². The summed E-state index contributed by atoms with van der Waals surface area (Å²) in [6, 6.07) is 7.44. The first-order valence-corrected chi connectivity index (χ1v) is 5.97. The van der Waals surface area contributed by atoms with Gasteiger partial charge in [-0.25, -0.2) is 0 Å². The summed E-state index contributed by atoms with van der Waals surface area (Å²) >= 11 is 0. The van der Waals surface area contributed by atoms with E-state index in [0.29, 0.717) is 0 Å². The zero-order valence-corrected chi connectivity index (χ0v) is 8.94. The van der Waals surface area contributed by atoms with E-state index in [9.17, 15) is 8.42 Å². The van der Waals surface area contributed by atoms with Crippen molar-refractivity contribution in [2.45, 2.75) is 0 Å². The highest BCUT2D eigenvalue weighted by Gasteiger charge is 1.99. The Labute approximate surface area is 89.5 Å². The molecular formula is C11H12O3S. The maximum atomic E-state index is 10.5. The molecule has 0 amide bonds. The molecule has 3 nitrogen and oxygen atoms in total. The lowest BCUT2D eigenvalue weighted by atomic mass is 10.1. The van der Waals surface area contributed by atoms with Crippen molar-refractivity contribution in [3.63, 3.8) is 0 Å². The number of benzene rings is 1. The van der Waals surface area contributed by atoms with Gasteiger partial charge in [0.2, 0.25) is 0 Å². The molecule has 0 aliphatic carbocycles. The van der Waals surface area contributed by atoms with Crippen LogP contribution in [0.25, 0.3) is 12.2 Å². The maximum absolute atomic E-state index is 10.5. The molecule has 0 atom stereocenters. The monoisotopic (exact) mass is 224 g/mol. The van der Waals surface area contributed by atoms with Gasteiger partial charge in [0.25, 0.3) is 10.1 Å². The van der Waals surface area contributed by atoms with Crippen molar-refractivity contribution in [2.24, 2.45) is 0 Å². The zero-order valence-electron chi connectivity index (χ0n) is 8.13. The summed E-state index contributed by atoms with van der Waals surface area (Å²) in [4.78, 5) is 0. The highest BCUT2D eigenvalue weighted by atomic mass is 32.2. The van der Waals surface area contributed by atoms with Gasteiger partial charge in [-0.15, -0.1) is 0 Å². The minimum atomic E-state index is -3.93. The third kappa shape index (κ3) is 4.10. The fourth-order valence-corrected chi connectivity index (χ4v) is 1.48. The van der Waals surface area contributed by atoms with Crippen LogP contribution in [0.5, 0.6) is 0 Å². The van der Waals surface area contributed by atoms with E-state index in [1.807, 2.05) is 24.3 Å². The van der Waals surface area contributed by atoms with E-state index in [2.05, 4.69) is 6.58 Å². The lowest BCUT2D eigenvalue weighted by molar-refractivity contribution is 0.487. The van der Waals surface area contributed by atoms with Gasteiger partial charge in [-0.1, -0.05) is 49.1 Å². The molecule has 0 aliphatic rings. The first-order valence-electron chi connectivity index (χ1n) is 4.36. The van der Waals surface area contributed by atoms with Crippen molar-refractivity contribution in [1.29, 1.82) is 0 Å². The van der Waals surface area contributed by atoms with Crippen LogP contribution < -0.4 is 0 Å². The molecule has 0 aliphatic heterocycles. The number of hydrogen-bond donors (Lipinski definition) is 1. The van der Waals surface area contributed by atoms with E-state index in [1.165, 1.54) is 6.08 Å². The van der Waals surface area contributed by atoms with Crippen molar-refractivity contribution in [1.82, 2.24) is 0 Å². The molecule has 0 heterocycles. The normalized spacial score (nSPS) is 11.8. The van der Waals surface area contributed by atoms with Crippen LogP contribution in [0.15, 0.2) is 36.9 Å². The van der Waals surface area contributed by atoms with Gasteiger partial charge in [0.05, 0.1) is 5.75 Å². The molecule has 0 bridgehead atoms. The van der Waals surface area contributed by atoms with Crippen molar-refractivity contribution >= 4 is 22.3 Å². The lowest BCUT2D eigenvalue weighted by Crippen LogP contribution is -2.00. The van der Waals surface area contributed by atoms with Gasteiger partial charge in [0.1, 0.15) is 0 Å². The summed E-state index contributed by atoms with van der Waals surface area (Å²) in [6.45, 7) is 3.65. The molecule has 0 aromatic heterocycles. The number of rotatable bonds is 4. The van der Waals surface area contributed by atoms with E-state index in [4.69, 9.17) is 4.55 Å². The molecule has 80 valence electrons. The molecule has 0 saturated carbocycles. The minimum absolute atomic E-state index is 0.377. The summed E-state index contributed by atoms with van der Waals surface area (Å²) in [5.41, 5.74) is 1.79. The van der Waals surface area contributed by atoms with Crippen LogP contribution in [0.3, 0.4) is 0 Å². The summed E-state index contributed by atoms with van der Waals surface area (Å²) in [5.74, 6) is -0.377. The topological polar surface area (TPSA) is 54.4 Å². The molecule has 1 aromatic rings. The SMILES string of the molecule is C=Cc1ccccc1/C=C\CS(=O)(=O)O. The van der Waals surface area contributed by atoms with E-state index >= 15 is 0 Å². The van der Waals surface area contributed by atoms with Crippen molar-refractivity contribution < 1.29 is 13.0 Å². The van der Waals surface area contributed by atoms with Gasteiger partial charge in [0, 0.05) is 0 Å². The lowest BCUT2D eigenvalue weighted by Gasteiger charge is -1.98. The van der Waals surface area contributed by atoms with Crippen molar-refractivity contribution in [2.75, 3.05) is 5.75 Å². The Hall–Kier alpha value is -1.39. The van der Waals surface area contributed by atoms with Crippen LogP contribution in [0, 0.1) is 0 Å². The largest absolute Gasteiger partial charge is 0.285 e. The van der Waals surface area contributed by atoms with Crippen LogP contribution in [-0.2, 0) is 10.1 Å². The van der Waals surface area contributed by atoms with Gasteiger partial charge in [-0.2, -0.15) is 8.42 Å². The second kappa shape index (κ2) is 4.91. The minimum Gasteiger partial charge on any atom is -0.285 e. The standard InChI is InChI=1S/C11H12O3S/c1-2-10-6-3-4-7-11(10)8-5-9-15(12,13)14/h2-8H,1,9H2,(H,12,13,14)/b8-5-. The first-order chi connectivity index (χ1) is 7.03. The van der Waals surface area contributed by atoms with E-state index in [1.54, 1.807) is 12.2 Å². The molecule has 1 rings (SSSR count). The third-order valence-electron chi connectivity index (χ3n) is 1.82. The molecule has 0 unspecified atom stereocenters. The Morgan fingerprint density at radius 2 is 1.87 bits per heavy atom. The van der Waals surface area contributed by atoms with Crippen molar-refractivity contribution in [3.05, 3.63) is 48.0 Å². The summed E-state index contributed by atoms with van der Waals surface area (Å²) in [5, 5.41) is 0. The molecule has 0 saturated heterocycles. The molecule has 0 spiro atoms. The smallest absolute Gasteiger partial charge is 0.268 e. The predicted octanol–water partition coefficient (Wildman–Crippen LogP) is 2.23. The van der Waals surface area contributed by atoms with Gasteiger partial charge < -0.3 is 0 Å². The number of hydrogen-bond acceptors (Lipinski definition) is 2. The molecule has 0 radical (unpaired) electrons. The summed E-state index contributed by atoms with van der Waals surface area (Å²) < 4.78 is 29.4. The fourth-order valence-electron chi connectivity index (χ4n) is 1.15. The second-order valence-electron chi connectivity index (χ2n) is 2.98. The van der Waals surface area contributed by atoms with Gasteiger partial charge in [-0.05, 0) is 11.1 Å². The molecule has 4 heteroatoms. The van der Waals surface area contributed by atoms with Crippen LogP contribution in [0.1, 0.15) is 11.1 Å². The van der Waals surface area contributed by atoms with Crippen LogP contribution >= 0.6 is 0 Å². The van der Waals surface area contributed by atoms with Crippen LogP contribution in [-0.4, -0.2) is 18.7 Å². The van der Waals surface area contributed by atoms with Crippen LogP contribution in [0.4, 0.5) is 0 Å². The molecule has 15 heavy (non-hydrogen) atoms. The Bertz CT molecular complexity index is 472. The molecule has 1 aromatic carbocycles. The molecular weight excluding hydrogens is 212 g/mol. The molecule has 1 N–H and O–H groups in total. The first kappa shape index (κ1) is 11.7. The van der Waals surface area contributed by atoms with Gasteiger partial charge in [-0.3, -0.25) is 4.55 Å². The summed E-state index contributed by atoms with van der Waals surface area (Å²) in [6.07, 6.45) is 4.73. The Kier molecular flexibility index (Phi) is 3.82. The quantitative estimate of drug-likeness (QED) is 0.798. The van der Waals surface area contributed by atoms with Crippen LogP contribution in [0.2, 0.25) is 0 Å². The van der Waals surface area contributed by atoms with E-state index < -0.39 is 10.1 Å². The Morgan fingerprint density at radius 1 is 1.27 bits per heavy atom. The molecule has 0 fully saturated rings. The average molecular weight is 224 g/mol. The second-order valence-corrected chi connectivity index (χ2v) is 4.48. The highest BCUT2D eigenvalue weighted by Crippen LogP contribution is 2.11. The third-order valence-corrected chi connectivity index (χ3v) is 2.43. The van der Waals surface area contributed by atoms with Crippen molar-refractivity contribution in [3.8, 4) is 0 Å². The summed E-state index contributed by atoms with van der Waals surface area (Å²) in [7, 11) is -3.93. The van der Waals surface area contributed by atoms with E-state index in [0.717, 1.165) is 11.1 Å².